The molecule has 84 valence electrons. The zero-order chi connectivity index (χ0) is 10.6. The summed E-state index contributed by atoms with van der Waals surface area (Å²) < 4.78 is 0. The second-order valence-corrected chi connectivity index (χ2v) is 3.29. The van der Waals surface area contributed by atoms with E-state index in [1.165, 1.54) is 0 Å². The molecule has 0 fully saturated rings. The Morgan fingerprint density at radius 1 is 0.929 bits per heavy atom. The molecular weight excluding hydrogens is 178 g/mol. The molecule has 0 heterocycles. The summed E-state index contributed by atoms with van der Waals surface area (Å²) >= 11 is 0. The highest BCUT2D eigenvalue weighted by Crippen LogP contribution is 1.81. The largest absolute Gasteiger partial charge is 0.338 e. The summed E-state index contributed by atoms with van der Waals surface area (Å²) in [5.41, 5.74) is 0. The Morgan fingerprint density at radius 2 is 1.64 bits per heavy atom. The number of rotatable bonds is 8. The Kier molecular flexibility index (Phi) is 9.74. The van der Waals surface area contributed by atoms with Crippen LogP contribution in [0.15, 0.2) is 0 Å². The van der Waals surface area contributed by atoms with Crippen LogP contribution in [0.1, 0.15) is 33.1 Å². The van der Waals surface area contributed by atoms with E-state index < -0.39 is 0 Å². The van der Waals surface area contributed by atoms with Crippen LogP contribution < -0.4 is 16.0 Å². The number of unbranched alkanes of at least 4 members (excludes halogenated alkanes) is 1. The van der Waals surface area contributed by atoms with Crippen LogP contribution in [0.2, 0.25) is 0 Å². The first kappa shape index (κ1) is 13.2. The molecule has 0 aromatic heterocycles. The summed E-state index contributed by atoms with van der Waals surface area (Å²) in [5, 5.41) is 8.80. The summed E-state index contributed by atoms with van der Waals surface area (Å²) in [6.07, 6.45) is 3.28. The van der Waals surface area contributed by atoms with Crippen LogP contribution >= 0.6 is 0 Å². The van der Waals surface area contributed by atoms with Gasteiger partial charge in [0.25, 0.3) is 0 Å². The van der Waals surface area contributed by atoms with Crippen LogP contribution in [0, 0.1) is 0 Å². The maximum Gasteiger partial charge on any atom is 0.314 e. The molecule has 0 spiro atoms. The first-order chi connectivity index (χ1) is 6.81. The average molecular weight is 201 g/mol. The molecular formula is C10H23N3O. The number of urea groups is 1. The standard InChI is InChI=1S/C10H23N3O/c1-3-5-7-12-10(14)13-9-8-11-6-4-2/h11H,3-9H2,1-2H3,(H2,12,13,14). The molecule has 4 heteroatoms. The van der Waals surface area contributed by atoms with Crippen molar-refractivity contribution in [3.05, 3.63) is 0 Å². The second-order valence-electron chi connectivity index (χ2n) is 3.29. The molecule has 0 aliphatic carbocycles. The maximum atomic E-state index is 11.1. The van der Waals surface area contributed by atoms with E-state index in [-0.39, 0.29) is 6.03 Å². The zero-order valence-corrected chi connectivity index (χ0v) is 9.36. The van der Waals surface area contributed by atoms with Crippen molar-refractivity contribution < 1.29 is 4.79 Å². The van der Waals surface area contributed by atoms with Crippen LogP contribution in [0.5, 0.6) is 0 Å². The third-order valence-corrected chi connectivity index (χ3v) is 1.83. The maximum absolute atomic E-state index is 11.1. The molecule has 0 aromatic carbocycles. The van der Waals surface area contributed by atoms with Gasteiger partial charge in [-0.1, -0.05) is 20.3 Å². The Balaban J connectivity index is 3.10. The van der Waals surface area contributed by atoms with Crippen molar-refractivity contribution >= 4 is 6.03 Å². The molecule has 0 aromatic rings. The predicted octanol–water partition coefficient (Wildman–Crippen LogP) is 1.09. The number of hydrogen-bond acceptors (Lipinski definition) is 2. The third-order valence-electron chi connectivity index (χ3n) is 1.83. The van der Waals surface area contributed by atoms with Crippen LogP contribution in [-0.2, 0) is 0 Å². The van der Waals surface area contributed by atoms with Gasteiger partial charge >= 0.3 is 6.03 Å². The van der Waals surface area contributed by atoms with E-state index in [1.54, 1.807) is 0 Å². The van der Waals surface area contributed by atoms with Crippen LogP contribution in [0.25, 0.3) is 0 Å². The lowest BCUT2D eigenvalue weighted by Gasteiger charge is -2.07. The molecule has 0 atom stereocenters. The van der Waals surface area contributed by atoms with Crippen molar-refractivity contribution in [3.63, 3.8) is 0 Å². The Hall–Kier alpha value is -0.770. The number of amides is 2. The first-order valence-corrected chi connectivity index (χ1v) is 5.53. The molecule has 3 N–H and O–H groups in total. The van der Waals surface area contributed by atoms with Crippen molar-refractivity contribution in [1.82, 2.24) is 16.0 Å². The van der Waals surface area contributed by atoms with Gasteiger partial charge in [-0.05, 0) is 19.4 Å². The van der Waals surface area contributed by atoms with E-state index in [2.05, 4.69) is 29.8 Å². The molecule has 0 aliphatic heterocycles. The van der Waals surface area contributed by atoms with Gasteiger partial charge in [-0.3, -0.25) is 0 Å². The molecule has 0 aliphatic rings. The van der Waals surface area contributed by atoms with E-state index in [1.807, 2.05) is 0 Å². The number of nitrogens with one attached hydrogen (secondary N) is 3. The smallest absolute Gasteiger partial charge is 0.314 e. The topological polar surface area (TPSA) is 53.2 Å². The highest BCUT2D eigenvalue weighted by molar-refractivity contribution is 5.73. The van der Waals surface area contributed by atoms with E-state index in [0.29, 0.717) is 6.54 Å². The van der Waals surface area contributed by atoms with Crippen LogP contribution in [0.3, 0.4) is 0 Å². The average Bonchev–Trinajstić information content (AvgIpc) is 2.18. The first-order valence-electron chi connectivity index (χ1n) is 5.53. The van der Waals surface area contributed by atoms with Gasteiger partial charge in [-0.2, -0.15) is 0 Å². The second kappa shape index (κ2) is 10.3. The molecule has 0 unspecified atom stereocenters. The highest BCUT2D eigenvalue weighted by Gasteiger charge is 1.96. The molecule has 0 radical (unpaired) electrons. The molecule has 2 amide bonds. The predicted molar refractivity (Wildman–Crippen MR) is 59.5 cm³/mol. The van der Waals surface area contributed by atoms with E-state index in [0.717, 1.165) is 38.9 Å². The fraction of sp³-hybridized carbons (Fsp3) is 0.900. The van der Waals surface area contributed by atoms with E-state index in [9.17, 15) is 4.79 Å². The molecule has 14 heavy (non-hydrogen) atoms. The summed E-state index contributed by atoms with van der Waals surface area (Å²) in [7, 11) is 0. The van der Waals surface area contributed by atoms with Gasteiger partial charge in [0.05, 0.1) is 0 Å². The lowest BCUT2D eigenvalue weighted by molar-refractivity contribution is 0.240. The van der Waals surface area contributed by atoms with Crippen molar-refractivity contribution in [3.8, 4) is 0 Å². The number of carbonyl (C=O) groups is 1. The summed E-state index contributed by atoms with van der Waals surface area (Å²) in [6, 6.07) is -0.0586. The minimum absolute atomic E-state index is 0.0586. The summed E-state index contributed by atoms with van der Waals surface area (Å²) in [5.74, 6) is 0. The van der Waals surface area contributed by atoms with Gasteiger partial charge in [0.2, 0.25) is 0 Å². The Labute approximate surface area is 86.8 Å². The normalized spacial score (nSPS) is 9.86. The van der Waals surface area contributed by atoms with Gasteiger partial charge in [0.15, 0.2) is 0 Å². The van der Waals surface area contributed by atoms with Crippen molar-refractivity contribution in [2.24, 2.45) is 0 Å². The van der Waals surface area contributed by atoms with Crippen molar-refractivity contribution in [2.75, 3.05) is 26.2 Å². The fourth-order valence-corrected chi connectivity index (χ4v) is 1.01. The van der Waals surface area contributed by atoms with Crippen LogP contribution in [-0.4, -0.2) is 32.2 Å². The molecule has 0 saturated heterocycles. The number of carbonyl (C=O) groups excluding carboxylic acids is 1. The minimum atomic E-state index is -0.0586. The Morgan fingerprint density at radius 3 is 2.29 bits per heavy atom. The Bertz CT molecular complexity index is 139. The molecule has 0 bridgehead atoms. The van der Waals surface area contributed by atoms with Gasteiger partial charge in [0.1, 0.15) is 0 Å². The monoisotopic (exact) mass is 201 g/mol. The molecule has 0 saturated carbocycles. The quantitative estimate of drug-likeness (QED) is 0.515. The van der Waals surface area contributed by atoms with Gasteiger partial charge in [0, 0.05) is 19.6 Å². The zero-order valence-electron chi connectivity index (χ0n) is 9.36. The lowest BCUT2D eigenvalue weighted by Crippen LogP contribution is -2.39. The van der Waals surface area contributed by atoms with Crippen molar-refractivity contribution in [2.45, 2.75) is 33.1 Å². The van der Waals surface area contributed by atoms with Gasteiger partial charge in [-0.15, -0.1) is 0 Å². The lowest BCUT2D eigenvalue weighted by atomic mass is 10.3. The summed E-state index contributed by atoms with van der Waals surface area (Å²) in [4.78, 5) is 11.1. The minimum Gasteiger partial charge on any atom is -0.338 e. The van der Waals surface area contributed by atoms with E-state index in [4.69, 9.17) is 0 Å². The SMILES string of the molecule is CCCCNC(=O)NCCNCCC. The number of hydrogen-bond donors (Lipinski definition) is 3. The van der Waals surface area contributed by atoms with Gasteiger partial charge < -0.3 is 16.0 Å². The molecule has 0 rings (SSSR count). The van der Waals surface area contributed by atoms with Gasteiger partial charge in [-0.25, -0.2) is 4.79 Å². The molecule has 4 nitrogen and oxygen atoms in total. The fourth-order valence-electron chi connectivity index (χ4n) is 1.01. The summed E-state index contributed by atoms with van der Waals surface area (Å²) in [6.45, 7) is 7.54. The van der Waals surface area contributed by atoms with Crippen molar-refractivity contribution in [1.29, 1.82) is 0 Å². The highest BCUT2D eigenvalue weighted by atomic mass is 16.2. The third kappa shape index (κ3) is 9.32. The van der Waals surface area contributed by atoms with Crippen LogP contribution in [0.4, 0.5) is 4.79 Å². The van der Waals surface area contributed by atoms with E-state index >= 15 is 0 Å².